The van der Waals surface area contributed by atoms with Crippen LogP contribution < -0.4 is 4.74 Å². The van der Waals surface area contributed by atoms with E-state index in [2.05, 4.69) is 35.8 Å². The summed E-state index contributed by atoms with van der Waals surface area (Å²) in [7, 11) is 1.70. The molecule has 194 valence electrons. The van der Waals surface area contributed by atoms with Crippen molar-refractivity contribution in [3.05, 3.63) is 65.7 Å². The van der Waals surface area contributed by atoms with E-state index in [-0.39, 0.29) is 11.9 Å². The molecule has 5 rings (SSSR count). The topological polar surface area (TPSA) is 53.0 Å². The van der Waals surface area contributed by atoms with Crippen molar-refractivity contribution in [2.75, 3.05) is 33.3 Å². The van der Waals surface area contributed by atoms with Gasteiger partial charge in [-0.3, -0.25) is 4.79 Å². The summed E-state index contributed by atoms with van der Waals surface area (Å²) in [6.07, 6.45) is 5.85. The van der Waals surface area contributed by atoms with Gasteiger partial charge in [0, 0.05) is 36.7 Å². The number of aliphatic hydroxyl groups is 1. The standard InChI is InChI=1S/C31H42N2O3/c1-23(2)20-33(29(34)25-8-5-4-6-9-25)27-14-15-31(35)22-32(21-24-12-13-24)17-16-30(31,19-27)26-10-7-11-28(18-26)36-3/h4-11,18,23-24,27,35H,12-17,19-22H2,1-3H3/t27-,30?,31?/m0/s1. The SMILES string of the molecule is COc1cccc(C23CCN(CC4CC4)CC2(O)CC[C@H](N(CC(C)C)C(=O)c2ccccc2)C3)c1. The molecule has 1 N–H and O–H groups in total. The average molecular weight is 491 g/mol. The number of hydrogen-bond acceptors (Lipinski definition) is 4. The normalized spacial score (nSPS) is 28.5. The van der Waals surface area contributed by atoms with Gasteiger partial charge in [0.05, 0.1) is 12.7 Å². The second-order valence-electron chi connectivity index (χ2n) is 11.9. The van der Waals surface area contributed by atoms with Crippen molar-refractivity contribution in [3.63, 3.8) is 0 Å². The summed E-state index contributed by atoms with van der Waals surface area (Å²) in [5.41, 5.74) is 0.671. The van der Waals surface area contributed by atoms with Crippen LogP contribution in [-0.4, -0.2) is 65.7 Å². The lowest BCUT2D eigenvalue weighted by Gasteiger charge is -2.59. The number of β-amino-alcohol motifs (C(OH)–C–C–N with tert-alkyl or cyclic N) is 1. The van der Waals surface area contributed by atoms with Crippen LogP contribution in [0.25, 0.3) is 0 Å². The molecule has 2 unspecified atom stereocenters. The van der Waals surface area contributed by atoms with Crippen molar-refractivity contribution < 1.29 is 14.6 Å². The van der Waals surface area contributed by atoms with Gasteiger partial charge >= 0.3 is 0 Å². The number of nitrogens with zero attached hydrogens (tertiary/aromatic N) is 2. The fraction of sp³-hybridized carbons (Fsp3) is 0.581. The minimum atomic E-state index is -0.817. The Morgan fingerprint density at radius 2 is 1.89 bits per heavy atom. The van der Waals surface area contributed by atoms with Gasteiger partial charge in [-0.2, -0.15) is 0 Å². The fourth-order valence-electron chi connectivity index (χ4n) is 6.78. The number of likely N-dealkylation sites (tertiary alicyclic amines) is 1. The lowest BCUT2D eigenvalue weighted by Crippen LogP contribution is -2.67. The van der Waals surface area contributed by atoms with Crippen molar-refractivity contribution >= 4 is 5.91 Å². The van der Waals surface area contributed by atoms with E-state index in [1.807, 2.05) is 42.5 Å². The highest BCUT2D eigenvalue weighted by Crippen LogP contribution is 2.53. The van der Waals surface area contributed by atoms with E-state index in [9.17, 15) is 9.90 Å². The van der Waals surface area contributed by atoms with Gasteiger partial charge < -0.3 is 19.6 Å². The van der Waals surface area contributed by atoms with Gasteiger partial charge in [-0.15, -0.1) is 0 Å². The van der Waals surface area contributed by atoms with Gasteiger partial charge in [-0.05, 0) is 86.7 Å². The van der Waals surface area contributed by atoms with Crippen LogP contribution in [0.1, 0.15) is 68.3 Å². The summed E-state index contributed by atoms with van der Waals surface area (Å²) >= 11 is 0. The fourth-order valence-corrected chi connectivity index (χ4v) is 6.78. The van der Waals surface area contributed by atoms with Crippen molar-refractivity contribution in [1.82, 2.24) is 9.80 Å². The summed E-state index contributed by atoms with van der Waals surface area (Å²) in [4.78, 5) is 18.4. The van der Waals surface area contributed by atoms with Gasteiger partial charge in [0.1, 0.15) is 5.75 Å². The van der Waals surface area contributed by atoms with Crippen LogP contribution in [0.3, 0.4) is 0 Å². The van der Waals surface area contributed by atoms with Crippen LogP contribution in [-0.2, 0) is 5.41 Å². The highest BCUT2D eigenvalue weighted by Gasteiger charge is 2.58. The number of rotatable bonds is 8. The first-order chi connectivity index (χ1) is 17.3. The van der Waals surface area contributed by atoms with Gasteiger partial charge in [-0.25, -0.2) is 0 Å². The maximum Gasteiger partial charge on any atom is 0.254 e. The minimum absolute atomic E-state index is 0.0848. The Morgan fingerprint density at radius 3 is 2.58 bits per heavy atom. The molecule has 3 fully saturated rings. The third-order valence-electron chi connectivity index (χ3n) is 8.83. The molecule has 1 amide bonds. The predicted molar refractivity (Wildman–Crippen MR) is 143 cm³/mol. The summed E-state index contributed by atoms with van der Waals surface area (Å²) in [5, 5.41) is 12.4. The zero-order chi connectivity index (χ0) is 25.3. The average Bonchev–Trinajstić information content (AvgIpc) is 3.71. The molecule has 5 heteroatoms. The molecule has 2 aromatic rings. The molecule has 3 atom stereocenters. The second-order valence-corrected chi connectivity index (χ2v) is 11.9. The van der Waals surface area contributed by atoms with E-state index < -0.39 is 11.0 Å². The highest BCUT2D eigenvalue weighted by atomic mass is 16.5. The van der Waals surface area contributed by atoms with Crippen LogP contribution in [0.15, 0.2) is 54.6 Å². The van der Waals surface area contributed by atoms with E-state index in [0.29, 0.717) is 18.9 Å². The molecule has 0 radical (unpaired) electrons. The van der Waals surface area contributed by atoms with Gasteiger partial charge in [0.2, 0.25) is 0 Å². The van der Waals surface area contributed by atoms with Gasteiger partial charge in [0.25, 0.3) is 5.91 Å². The maximum absolute atomic E-state index is 13.8. The van der Waals surface area contributed by atoms with Crippen LogP contribution in [0, 0.1) is 11.8 Å². The van der Waals surface area contributed by atoms with Crippen molar-refractivity contribution in [1.29, 1.82) is 0 Å². The monoisotopic (exact) mass is 490 g/mol. The Bertz CT molecular complexity index is 1050. The number of piperidine rings is 1. The first kappa shape index (κ1) is 25.3. The molecule has 36 heavy (non-hydrogen) atoms. The molecular weight excluding hydrogens is 448 g/mol. The Balaban J connectivity index is 1.50. The number of carbonyl (C=O) groups excluding carboxylic acids is 1. The third kappa shape index (κ3) is 4.92. The first-order valence-electron chi connectivity index (χ1n) is 13.8. The molecule has 0 bridgehead atoms. The summed E-state index contributed by atoms with van der Waals surface area (Å²) in [5.74, 6) is 2.10. The van der Waals surface area contributed by atoms with Crippen LogP contribution in [0.2, 0.25) is 0 Å². The van der Waals surface area contributed by atoms with Crippen LogP contribution in [0.4, 0.5) is 0 Å². The maximum atomic E-state index is 13.8. The largest absolute Gasteiger partial charge is 0.497 e. The van der Waals surface area contributed by atoms with E-state index in [1.165, 1.54) is 12.8 Å². The van der Waals surface area contributed by atoms with Gasteiger partial charge in [0.15, 0.2) is 0 Å². The lowest BCUT2D eigenvalue weighted by atomic mass is 9.55. The Morgan fingerprint density at radius 1 is 1.11 bits per heavy atom. The minimum Gasteiger partial charge on any atom is -0.497 e. The van der Waals surface area contributed by atoms with Crippen LogP contribution >= 0.6 is 0 Å². The number of hydrogen-bond donors (Lipinski definition) is 1. The van der Waals surface area contributed by atoms with E-state index in [4.69, 9.17) is 4.74 Å². The van der Waals surface area contributed by atoms with Crippen LogP contribution in [0.5, 0.6) is 5.75 Å². The zero-order valence-electron chi connectivity index (χ0n) is 22.2. The number of fused-ring (bicyclic) bond motifs is 1. The number of benzene rings is 2. The molecular formula is C31H42N2O3. The molecule has 1 heterocycles. The number of ether oxygens (including phenoxy) is 1. The van der Waals surface area contributed by atoms with Gasteiger partial charge in [-0.1, -0.05) is 44.2 Å². The molecule has 2 aliphatic carbocycles. The zero-order valence-corrected chi connectivity index (χ0v) is 22.2. The lowest BCUT2D eigenvalue weighted by molar-refractivity contribution is -0.133. The molecule has 0 spiro atoms. The number of carbonyl (C=O) groups is 1. The number of methoxy groups -OCH3 is 1. The summed E-state index contributed by atoms with van der Waals surface area (Å²) in [6, 6.07) is 18.1. The third-order valence-corrected chi connectivity index (χ3v) is 8.83. The Hall–Kier alpha value is -2.37. The Kier molecular flexibility index (Phi) is 7.15. The smallest absolute Gasteiger partial charge is 0.254 e. The first-order valence-corrected chi connectivity index (χ1v) is 13.8. The molecule has 0 aromatic heterocycles. The molecule has 5 nitrogen and oxygen atoms in total. The van der Waals surface area contributed by atoms with E-state index >= 15 is 0 Å². The Labute approximate surface area is 216 Å². The number of amides is 1. The molecule has 1 saturated heterocycles. The molecule has 1 aliphatic heterocycles. The second kappa shape index (κ2) is 10.2. The molecule has 2 aromatic carbocycles. The van der Waals surface area contributed by atoms with Crippen molar-refractivity contribution in [2.24, 2.45) is 11.8 Å². The van der Waals surface area contributed by atoms with E-state index in [1.54, 1.807) is 7.11 Å². The highest BCUT2D eigenvalue weighted by molar-refractivity contribution is 5.94. The van der Waals surface area contributed by atoms with E-state index in [0.717, 1.165) is 61.7 Å². The van der Waals surface area contributed by atoms with Crippen molar-refractivity contribution in [3.8, 4) is 5.75 Å². The molecule has 3 aliphatic rings. The predicted octanol–water partition coefficient (Wildman–Crippen LogP) is 5.13. The summed E-state index contributed by atoms with van der Waals surface area (Å²) in [6.45, 7) is 7.88. The molecule has 2 saturated carbocycles. The quantitative estimate of drug-likeness (QED) is 0.557. The summed E-state index contributed by atoms with van der Waals surface area (Å²) < 4.78 is 5.60. The van der Waals surface area contributed by atoms with Crippen molar-refractivity contribution in [2.45, 2.75) is 69.4 Å².